The molecule has 0 unspecified atom stereocenters. The van der Waals surface area contributed by atoms with E-state index in [0.29, 0.717) is 12.0 Å². The summed E-state index contributed by atoms with van der Waals surface area (Å²) in [6.45, 7) is 7.20. The predicted octanol–water partition coefficient (Wildman–Crippen LogP) is 2.17. The molecule has 0 radical (unpaired) electrons. The van der Waals surface area contributed by atoms with E-state index in [0.717, 1.165) is 26.2 Å². The van der Waals surface area contributed by atoms with Crippen LogP contribution in [0.4, 0.5) is 0 Å². The van der Waals surface area contributed by atoms with Gasteiger partial charge < -0.3 is 20.6 Å². The van der Waals surface area contributed by atoms with Crippen molar-refractivity contribution in [1.82, 2.24) is 10.2 Å². The molecule has 0 spiro atoms. The van der Waals surface area contributed by atoms with Crippen molar-refractivity contribution in [1.29, 1.82) is 0 Å². The Hall–Kier alpha value is -1.14. The number of phenolic OH excluding ortho intramolecular Hbond substituents is 3. The zero-order valence-corrected chi connectivity index (χ0v) is 13.3. The van der Waals surface area contributed by atoms with Gasteiger partial charge in [-0.1, -0.05) is 6.08 Å². The first-order valence-corrected chi connectivity index (χ1v) is 6.44. The van der Waals surface area contributed by atoms with E-state index in [2.05, 4.69) is 16.8 Å². The summed E-state index contributed by atoms with van der Waals surface area (Å²) in [6.07, 6.45) is 2.41. The van der Waals surface area contributed by atoms with Gasteiger partial charge in [0.1, 0.15) is 17.2 Å². The number of benzene rings is 1. The number of hydrogen-bond donors (Lipinski definition) is 4. The Bertz CT molecular complexity index is 443. The van der Waals surface area contributed by atoms with Crippen LogP contribution in [-0.4, -0.2) is 46.4 Å². The molecule has 1 fully saturated rings. The average molecular weight is 337 g/mol. The molecule has 0 bridgehead atoms. The summed E-state index contributed by atoms with van der Waals surface area (Å²) in [5, 5.41) is 32.7. The van der Waals surface area contributed by atoms with Gasteiger partial charge in [0.2, 0.25) is 0 Å². The quantitative estimate of drug-likeness (QED) is 0.634. The average Bonchev–Trinajstić information content (AvgIpc) is 2.37. The molecule has 4 N–H and O–H groups in total. The summed E-state index contributed by atoms with van der Waals surface area (Å²) >= 11 is 0. The van der Waals surface area contributed by atoms with E-state index in [-0.39, 0.29) is 48.1 Å². The van der Waals surface area contributed by atoms with E-state index in [9.17, 15) is 15.3 Å². The van der Waals surface area contributed by atoms with E-state index in [4.69, 9.17) is 0 Å². The minimum absolute atomic E-state index is 0. The van der Waals surface area contributed by atoms with Gasteiger partial charge in [0.25, 0.3) is 0 Å². The molecule has 1 aliphatic heterocycles. The van der Waals surface area contributed by atoms with Crippen LogP contribution in [0.25, 0.3) is 0 Å². The zero-order valence-electron chi connectivity index (χ0n) is 11.7. The molecule has 21 heavy (non-hydrogen) atoms. The van der Waals surface area contributed by atoms with Crippen LogP contribution in [-0.2, 0) is 0 Å². The Labute approximate surface area is 137 Å². The number of rotatable bonds is 4. The topological polar surface area (TPSA) is 76.0 Å². The lowest BCUT2D eigenvalue weighted by Crippen LogP contribution is -2.45. The van der Waals surface area contributed by atoms with Crippen LogP contribution < -0.4 is 5.32 Å². The first-order valence-electron chi connectivity index (χ1n) is 6.44. The van der Waals surface area contributed by atoms with Gasteiger partial charge in [-0.05, 0) is 6.42 Å². The molecule has 1 atom stereocenters. The maximum atomic E-state index is 10.0. The molecule has 1 aromatic carbocycles. The van der Waals surface area contributed by atoms with Crippen LogP contribution in [0.15, 0.2) is 24.8 Å². The highest BCUT2D eigenvalue weighted by molar-refractivity contribution is 5.85. The Kier molecular flexibility index (Phi) is 8.51. The Morgan fingerprint density at radius 1 is 1.14 bits per heavy atom. The van der Waals surface area contributed by atoms with Crippen molar-refractivity contribution in [2.45, 2.75) is 12.5 Å². The first kappa shape index (κ1) is 19.9. The third kappa shape index (κ3) is 4.68. The molecule has 1 aromatic rings. The third-order valence-electron chi connectivity index (χ3n) is 3.44. The van der Waals surface area contributed by atoms with E-state index < -0.39 is 0 Å². The molecule has 5 nitrogen and oxygen atoms in total. The Morgan fingerprint density at radius 2 is 1.67 bits per heavy atom. The number of nitrogens with zero attached hydrogens (tertiary/aromatic N) is 1. The number of hydrogen-bond acceptors (Lipinski definition) is 5. The highest BCUT2D eigenvalue weighted by Crippen LogP contribution is 2.40. The van der Waals surface area contributed by atoms with Crippen LogP contribution in [0.3, 0.4) is 0 Å². The van der Waals surface area contributed by atoms with Crippen LogP contribution in [0.1, 0.15) is 18.0 Å². The van der Waals surface area contributed by atoms with Crippen molar-refractivity contribution in [3.05, 3.63) is 30.4 Å². The van der Waals surface area contributed by atoms with Gasteiger partial charge in [0.05, 0.1) is 5.56 Å². The Morgan fingerprint density at radius 3 is 2.14 bits per heavy atom. The maximum Gasteiger partial charge on any atom is 0.127 e. The van der Waals surface area contributed by atoms with Crippen molar-refractivity contribution in [3.63, 3.8) is 0 Å². The summed E-state index contributed by atoms with van der Waals surface area (Å²) < 4.78 is 0. The van der Waals surface area contributed by atoms with Gasteiger partial charge in [-0.15, -0.1) is 31.4 Å². The van der Waals surface area contributed by atoms with Gasteiger partial charge >= 0.3 is 0 Å². The Balaban J connectivity index is 0.00000200. The standard InChI is InChI=1S/C14H20N2O3.2ClH/c1-2-3-11(16-6-4-15-5-7-16)14-12(18)8-10(17)9-13(14)19;;/h2,8-9,11,15,17-19H,1,3-7H2;2*1H/t11-;;/m1../s1. The lowest BCUT2D eigenvalue weighted by atomic mass is 9.98. The van der Waals surface area contributed by atoms with Gasteiger partial charge in [0, 0.05) is 44.4 Å². The normalized spacial score (nSPS) is 16.4. The summed E-state index contributed by atoms with van der Waals surface area (Å²) in [7, 11) is 0. The minimum Gasteiger partial charge on any atom is -0.508 e. The van der Waals surface area contributed by atoms with Crippen LogP contribution in [0, 0.1) is 0 Å². The molecular formula is C14H22Cl2N2O3. The van der Waals surface area contributed by atoms with Gasteiger partial charge in [0.15, 0.2) is 0 Å². The highest BCUT2D eigenvalue weighted by Gasteiger charge is 2.26. The molecule has 0 amide bonds. The lowest BCUT2D eigenvalue weighted by molar-refractivity contribution is 0.169. The molecule has 1 saturated heterocycles. The second kappa shape index (κ2) is 9.00. The molecule has 2 rings (SSSR count). The van der Waals surface area contributed by atoms with E-state index in [1.54, 1.807) is 6.08 Å². The fourth-order valence-corrected chi connectivity index (χ4v) is 2.55. The van der Waals surface area contributed by atoms with Crippen molar-refractivity contribution < 1.29 is 15.3 Å². The smallest absolute Gasteiger partial charge is 0.127 e. The van der Waals surface area contributed by atoms with E-state index in [1.807, 2.05) is 0 Å². The van der Waals surface area contributed by atoms with Crippen molar-refractivity contribution in [2.24, 2.45) is 0 Å². The molecule has 0 aromatic heterocycles. The van der Waals surface area contributed by atoms with Crippen LogP contribution in [0.5, 0.6) is 17.2 Å². The lowest BCUT2D eigenvalue weighted by Gasteiger charge is -2.35. The molecule has 1 heterocycles. The fourth-order valence-electron chi connectivity index (χ4n) is 2.55. The van der Waals surface area contributed by atoms with Gasteiger partial charge in [-0.2, -0.15) is 0 Å². The molecule has 120 valence electrons. The van der Waals surface area contributed by atoms with Gasteiger partial charge in [-0.3, -0.25) is 4.90 Å². The fraction of sp³-hybridized carbons (Fsp3) is 0.429. The second-order valence-electron chi connectivity index (χ2n) is 4.72. The maximum absolute atomic E-state index is 10.0. The van der Waals surface area contributed by atoms with Crippen molar-refractivity contribution >= 4 is 24.8 Å². The van der Waals surface area contributed by atoms with E-state index >= 15 is 0 Å². The monoisotopic (exact) mass is 336 g/mol. The minimum atomic E-state index is -0.142. The second-order valence-corrected chi connectivity index (χ2v) is 4.72. The van der Waals surface area contributed by atoms with Crippen molar-refractivity contribution in [3.8, 4) is 17.2 Å². The molecule has 7 heteroatoms. The zero-order chi connectivity index (χ0) is 13.8. The number of aromatic hydroxyl groups is 3. The number of phenols is 3. The third-order valence-corrected chi connectivity index (χ3v) is 3.44. The summed E-state index contributed by atoms with van der Waals surface area (Å²) in [6, 6.07) is 2.39. The summed E-state index contributed by atoms with van der Waals surface area (Å²) in [5.41, 5.74) is 0.458. The largest absolute Gasteiger partial charge is 0.508 e. The first-order chi connectivity index (χ1) is 9.13. The molecular weight excluding hydrogens is 315 g/mol. The van der Waals surface area contributed by atoms with Crippen LogP contribution in [0.2, 0.25) is 0 Å². The molecule has 0 saturated carbocycles. The number of halogens is 2. The van der Waals surface area contributed by atoms with Gasteiger partial charge in [-0.25, -0.2) is 0 Å². The summed E-state index contributed by atoms with van der Waals surface area (Å²) in [5.74, 6) is -0.304. The van der Waals surface area contributed by atoms with E-state index in [1.165, 1.54) is 12.1 Å². The molecule has 0 aliphatic carbocycles. The van der Waals surface area contributed by atoms with Crippen LogP contribution >= 0.6 is 24.8 Å². The van der Waals surface area contributed by atoms with Crippen molar-refractivity contribution in [2.75, 3.05) is 26.2 Å². The summed E-state index contributed by atoms with van der Waals surface area (Å²) in [4.78, 5) is 2.20. The molecule has 1 aliphatic rings. The number of piperazine rings is 1. The highest BCUT2D eigenvalue weighted by atomic mass is 35.5. The SMILES string of the molecule is C=CC[C@H](c1c(O)cc(O)cc1O)N1CCNCC1.Cl.Cl. The number of nitrogens with one attached hydrogen (secondary N) is 1. The predicted molar refractivity (Wildman–Crippen MR) is 87.9 cm³/mol.